The van der Waals surface area contributed by atoms with Crippen LogP contribution in [0.4, 0.5) is 41.9 Å². The molecule has 802 valence electrons. The number of halogens is 4. The molecule has 8 aromatic carbocycles. The van der Waals surface area contributed by atoms with Gasteiger partial charge in [-0.3, -0.25) is 4.79 Å². The van der Waals surface area contributed by atoms with Crippen LogP contribution in [-0.4, -0.2) is 156 Å². The van der Waals surface area contributed by atoms with Gasteiger partial charge in [-0.05, 0) is 416 Å². The number of fused-ring (bicyclic) bond motifs is 8. The van der Waals surface area contributed by atoms with Gasteiger partial charge in [0.15, 0.2) is 5.12 Å². The molecule has 16 rings (SSSR count). The number of amides is 4. The predicted octanol–water partition coefficient (Wildman–Crippen LogP) is 19.6. The molecule has 39 heteroatoms. The van der Waals surface area contributed by atoms with Crippen LogP contribution >= 0.6 is 58.7 Å². The third-order valence-electron chi connectivity index (χ3n) is 23.7. The van der Waals surface area contributed by atoms with Crippen LogP contribution in [0.1, 0.15) is 293 Å². The largest absolute Gasteiger partial charge is 1.00 e. The normalized spacial score (nSPS) is 16.0. The molecule has 0 aliphatic heterocycles. The first-order valence-corrected chi connectivity index (χ1v) is 54.5. The molecule has 8 N–H and O–H groups in total. The molecule has 0 unspecified atom stereocenters. The molecule has 0 saturated heterocycles. The standard InChI is InChI=1S/C28H34FN3O4S.C18H18FN3O2S.C18H25NO3S.C16H22INO2.C16H23NO2S.C13H15FN2O2.C2H4OS.K.Na.H2O/c1-27(2,3)35-25(33)30-15-18-9-7-8-17-12-20(10-11-21(17)18)37-23-14-19(29)13-22-24(23)31-16-32(22)26(34)36-28(4,5)6;19-13-7-16-18(22-10-21-16)17(8-13)25(23,24)14-4-5-15-11(6-14)2-1-3-12(15)9-20;1-12(20)23-15-8-9-16-13(10-15)6-5-7-14(16)11-19-17(21)22-18(2,3)4;1-16(2,3)20-15(19)18-10-12-6-4-5-11-9-13(17)7-8-14(11)12;1-16(2,3)19-15(18)17-10-12-6-4-5-11-9-13(20)7-8-14(11)12;1-8-5-9(14)6-10-11(8)15-7-16(10)12(17)18-13(2,3)4;1-2(3)4;;;/h10-14,16,18H,7-9,15H2,1-6H3,(H,30,33);4-8,10,12H,1-3,9,20H2,(H,21,22);8-10,14H,5-7,11H2,1-4H3,(H,19,21);7-9,12H,4-6,10H2,1-3H3,(H,18,19);7-9,12,20H,4-6,10H2,1-3H3,(H,17,18);5-7H,1-4H3;1H3,(H,3,4);;;1H2/q;;;;;;;2*+1;/p-2/t18-;12-;14-;2*12-;;;;;/m00000...../s1. The molecule has 5 aliphatic carbocycles. The van der Waals surface area contributed by atoms with Gasteiger partial charge in [0.05, 0.1) is 33.3 Å². The molecular formula is C111H141F3IKN11NaO17S5. The summed E-state index contributed by atoms with van der Waals surface area (Å²) in [6.45, 7) is 40.6. The van der Waals surface area contributed by atoms with E-state index < -0.39 is 79.2 Å². The molecule has 0 bridgehead atoms. The van der Waals surface area contributed by atoms with Crippen LogP contribution in [0.15, 0.2) is 176 Å². The zero-order valence-electron chi connectivity index (χ0n) is 90.3. The summed E-state index contributed by atoms with van der Waals surface area (Å²) >= 11 is 13.4. The van der Waals surface area contributed by atoms with Crippen molar-refractivity contribution >= 4 is 161 Å². The van der Waals surface area contributed by atoms with Crippen LogP contribution < -0.4 is 108 Å². The Morgan fingerprint density at radius 2 is 0.820 bits per heavy atom. The van der Waals surface area contributed by atoms with E-state index in [9.17, 15) is 59.9 Å². The molecule has 5 aliphatic rings. The SMILES string of the molecule is CC(=O)Sc1ccc2c(c1)CCC[C@H]2CNC(=O)OC(C)(C)C.CC(=O)[S-].CC(C)(C)OC(=O)NC[C@@H]1CCCc2cc(I)ccc21.CC(C)(C)OC(=O)NC[C@@H]1CCCc2cc(S)ccc21.CC(C)(C)OC(=O)NC[C@@H]1CCCc2cc(Sc3cc(F)cc4c3ncn4C(=O)OC(C)(C)C)ccc21.Cc1cc(F)cc2c1ncn2C(=O)OC(C)(C)C.NC[C@@H]1CCCc2cc(S(=O)(=O)c3cc(F)cc4[nH]cnc34)ccc21.[K+].[Na+].[OH-]. The molecule has 28 nitrogen and oxygen atoms in total. The number of carbonyl (C=O) groups is 8. The van der Waals surface area contributed by atoms with Gasteiger partial charge in [0.2, 0.25) is 9.84 Å². The van der Waals surface area contributed by atoms with E-state index in [4.69, 9.17) is 34.2 Å². The summed E-state index contributed by atoms with van der Waals surface area (Å²) in [7, 11) is -3.87. The summed E-state index contributed by atoms with van der Waals surface area (Å²) in [4.78, 5) is 111. The van der Waals surface area contributed by atoms with E-state index in [2.05, 4.69) is 144 Å². The van der Waals surface area contributed by atoms with E-state index in [1.54, 1.807) is 67.5 Å². The van der Waals surface area contributed by atoms with E-state index >= 15 is 0 Å². The Labute approximate surface area is 977 Å². The number of alkyl carbamates (subject to hydrolysis) is 4. The summed E-state index contributed by atoms with van der Waals surface area (Å²) < 4.78 is 104. The Balaban J connectivity index is 0.000000245. The maximum Gasteiger partial charge on any atom is 1.00 e. The number of nitrogens with zero attached hydrogens (tertiary/aromatic N) is 5. The molecule has 150 heavy (non-hydrogen) atoms. The van der Waals surface area contributed by atoms with Crippen LogP contribution in [0.2, 0.25) is 0 Å². The van der Waals surface area contributed by atoms with Crippen molar-refractivity contribution in [3.8, 4) is 0 Å². The van der Waals surface area contributed by atoms with E-state index in [0.717, 1.165) is 122 Å². The zero-order chi connectivity index (χ0) is 108. The molecule has 0 radical (unpaired) electrons. The van der Waals surface area contributed by atoms with Gasteiger partial charge in [-0.2, -0.15) is 0 Å². The second-order valence-corrected chi connectivity index (χ2v) is 49.6. The van der Waals surface area contributed by atoms with E-state index in [0.29, 0.717) is 88.5 Å². The average Bonchev–Trinajstić information content (AvgIpc) is 1.16. The van der Waals surface area contributed by atoms with Gasteiger partial charge in [-0.1, -0.05) is 53.9 Å². The summed E-state index contributed by atoms with van der Waals surface area (Å²) in [5.41, 5.74) is 18.5. The van der Waals surface area contributed by atoms with Crippen molar-refractivity contribution in [3.05, 3.63) is 229 Å². The van der Waals surface area contributed by atoms with E-state index in [-0.39, 0.29) is 142 Å². The number of thioether (sulfide) groups is 1. The van der Waals surface area contributed by atoms with Crippen molar-refractivity contribution < 1.29 is 175 Å². The predicted molar refractivity (Wildman–Crippen MR) is 586 cm³/mol. The number of nitrogens with one attached hydrogen (secondary N) is 5. The smallest absolute Gasteiger partial charge is 0.870 e. The minimum absolute atomic E-state index is 0. The van der Waals surface area contributed by atoms with E-state index in [1.165, 1.54) is 143 Å². The molecule has 5 atom stereocenters. The minimum Gasteiger partial charge on any atom is -0.870 e. The molecule has 0 saturated carbocycles. The third kappa shape index (κ3) is 40.2. The number of nitrogens with two attached hydrogens (primary N) is 1. The van der Waals surface area contributed by atoms with Crippen LogP contribution in [0.25, 0.3) is 33.1 Å². The molecule has 3 heterocycles. The summed E-state index contributed by atoms with van der Waals surface area (Å²) in [5, 5.41) is 11.4. The van der Waals surface area contributed by atoms with Crippen LogP contribution in [0.5, 0.6) is 0 Å². The number of aromatic amines is 1. The summed E-state index contributed by atoms with van der Waals surface area (Å²) in [5.74, 6) is 0.105. The fourth-order valence-electron chi connectivity index (χ4n) is 17.8. The quantitative estimate of drug-likeness (QED) is 0.0133. The topological polar surface area (TPSA) is 395 Å². The number of carbonyl (C=O) groups excluding carboxylic acids is 8. The van der Waals surface area contributed by atoms with Crippen molar-refractivity contribution in [1.82, 2.24) is 50.3 Å². The minimum atomic E-state index is -3.87. The Bertz CT molecular complexity index is 6570. The fourth-order valence-corrected chi connectivity index (χ4v) is 21.8. The second kappa shape index (κ2) is 57.0. The summed E-state index contributed by atoms with van der Waals surface area (Å²) in [6.07, 6.45) is 17.3. The van der Waals surface area contributed by atoms with Gasteiger partial charge in [-0.15, -0.1) is 12.6 Å². The van der Waals surface area contributed by atoms with Crippen LogP contribution in [0.3, 0.4) is 0 Å². The number of hydrogen-bond donors (Lipinski definition) is 7. The van der Waals surface area contributed by atoms with Gasteiger partial charge in [0.25, 0.3) is 0 Å². The van der Waals surface area contributed by atoms with Crippen molar-refractivity contribution in [2.24, 2.45) is 5.73 Å². The van der Waals surface area contributed by atoms with Crippen molar-refractivity contribution in [3.63, 3.8) is 0 Å². The maximum atomic E-state index is 14.6. The number of ether oxygens (including phenoxy) is 6. The van der Waals surface area contributed by atoms with Gasteiger partial charge in [0.1, 0.15) is 79.6 Å². The first-order valence-electron chi connectivity index (χ1n) is 49.5. The third-order valence-corrected chi connectivity index (χ3v) is 28.2. The van der Waals surface area contributed by atoms with E-state index in [1.807, 2.05) is 107 Å². The first-order chi connectivity index (χ1) is 68.7. The fraction of sp³-hybridized carbons (Fsp3) is 0.468. The van der Waals surface area contributed by atoms with Crippen LogP contribution in [-0.2, 0) is 92.6 Å². The number of aryl methyl sites for hydroxylation is 6. The average molecular weight is 2310 g/mol. The number of thiol groups is 1. The number of imidazole rings is 3. The Morgan fingerprint density at radius 3 is 1.25 bits per heavy atom. The number of rotatable bonds is 14. The molecule has 0 spiro atoms. The maximum absolute atomic E-state index is 14.6. The zero-order valence-corrected chi connectivity index (χ0v) is 102. The van der Waals surface area contributed by atoms with Gasteiger partial charge in [0, 0.05) is 97.2 Å². The molecule has 4 amide bonds. The van der Waals surface area contributed by atoms with Gasteiger partial charge < -0.3 is 83.3 Å². The number of hydrogen-bond acceptors (Lipinski definition) is 25. The molecule has 11 aromatic rings. The van der Waals surface area contributed by atoms with Crippen molar-refractivity contribution in [1.29, 1.82) is 0 Å². The number of H-pyrrole nitrogens is 1. The second-order valence-electron chi connectivity index (χ2n) is 43.0. The van der Waals surface area contributed by atoms with Gasteiger partial charge >= 0.3 is 118 Å². The number of sulfone groups is 1. The molecular weight excluding hydrogens is 2170 g/mol. The van der Waals surface area contributed by atoms with Gasteiger partial charge in [-0.25, -0.2) is 74.4 Å². The Kier molecular flexibility index (Phi) is 48.9. The monoisotopic (exact) mass is 2310 g/mol. The summed E-state index contributed by atoms with van der Waals surface area (Å²) in [6, 6.07) is 38.1. The molecule has 0 fully saturated rings. The van der Waals surface area contributed by atoms with Crippen molar-refractivity contribution in [2.45, 2.75) is 334 Å². The number of benzene rings is 8. The Morgan fingerprint density at radius 1 is 0.467 bits per heavy atom. The first kappa shape index (κ1) is 129. The number of aromatic nitrogens is 6. The molecule has 3 aromatic heterocycles. The Hall–Kier alpha value is -8.17. The van der Waals surface area contributed by atoms with Crippen LogP contribution in [0, 0.1) is 27.9 Å². The van der Waals surface area contributed by atoms with Crippen molar-refractivity contribution in [2.75, 3.05) is 32.7 Å².